The number of benzene rings is 1. The number of halogens is 2. The molecule has 0 radical (unpaired) electrons. The molecule has 0 aliphatic rings. The fraction of sp³-hybridized carbons (Fsp3) is 0.417. The average molecular weight is 285 g/mol. The first kappa shape index (κ1) is 13.0. The molecule has 0 spiro atoms. The summed E-state index contributed by atoms with van der Waals surface area (Å²) in [5.41, 5.74) is 1.44. The average Bonchev–Trinajstić information content (AvgIpc) is 2.28. The molecule has 0 heterocycles. The van der Waals surface area contributed by atoms with Gasteiger partial charge in [0, 0.05) is 18.4 Å². The molecule has 1 atom stereocenters. The van der Waals surface area contributed by atoms with E-state index < -0.39 is 0 Å². The lowest BCUT2D eigenvalue weighted by molar-refractivity contribution is 0.606. The van der Waals surface area contributed by atoms with Crippen molar-refractivity contribution in [1.82, 2.24) is 0 Å². The van der Waals surface area contributed by atoms with Gasteiger partial charge in [-0.2, -0.15) is 5.26 Å². The molecule has 0 bridgehead atoms. The quantitative estimate of drug-likeness (QED) is 0.792. The summed E-state index contributed by atoms with van der Waals surface area (Å²) in [6.07, 6.45) is 0.385. The van der Waals surface area contributed by atoms with Crippen LogP contribution in [0, 0.1) is 17.1 Å². The number of nitriles is 1. The van der Waals surface area contributed by atoms with E-state index in [1.807, 2.05) is 13.0 Å². The summed E-state index contributed by atoms with van der Waals surface area (Å²) in [4.78, 5) is 1.79. The monoisotopic (exact) mass is 284 g/mol. The minimum Gasteiger partial charge on any atom is -0.368 e. The highest BCUT2D eigenvalue weighted by molar-refractivity contribution is 9.08. The molecule has 16 heavy (non-hydrogen) atoms. The van der Waals surface area contributed by atoms with Crippen LogP contribution in [-0.2, 0) is 5.33 Å². The van der Waals surface area contributed by atoms with Gasteiger partial charge in [-0.05, 0) is 24.6 Å². The highest BCUT2D eigenvalue weighted by atomic mass is 79.9. The predicted octanol–water partition coefficient (Wildman–Crippen LogP) is 3.46. The molecule has 1 rings (SSSR count). The summed E-state index contributed by atoms with van der Waals surface area (Å²) >= 11 is 3.28. The van der Waals surface area contributed by atoms with Crippen LogP contribution in [0.5, 0.6) is 0 Å². The SMILES string of the molecule is CC(CC#N)N(C)c1ccc(CBr)cc1F. The van der Waals surface area contributed by atoms with E-state index in [2.05, 4.69) is 22.0 Å². The van der Waals surface area contributed by atoms with E-state index in [-0.39, 0.29) is 11.9 Å². The van der Waals surface area contributed by atoms with E-state index >= 15 is 0 Å². The van der Waals surface area contributed by atoms with Gasteiger partial charge in [0.15, 0.2) is 0 Å². The van der Waals surface area contributed by atoms with E-state index in [4.69, 9.17) is 5.26 Å². The van der Waals surface area contributed by atoms with Gasteiger partial charge in [0.1, 0.15) is 5.82 Å². The molecule has 0 aliphatic carbocycles. The Kier molecular flexibility index (Phi) is 4.75. The second kappa shape index (κ2) is 5.86. The smallest absolute Gasteiger partial charge is 0.146 e. The molecular weight excluding hydrogens is 271 g/mol. The molecule has 4 heteroatoms. The number of anilines is 1. The molecular formula is C12H14BrFN2. The lowest BCUT2D eigenvalue weighted by atomic mass is 10.1. The van der Waals surface area contributed by atoms with Gasteiger partial charge in [0.2, 0.25) is 0 Å². The minimum absolute atomic E-state index is 0.00863. The van der Waals surface area contributed by atoms with Crippen LogP contribution in [0.4, 0.5) is 10.1 Å². The van der Waals surface area contributed by atoms with Gasteiger partial charge in [-0.1, -0.05) is 22.0 Å². The van der Waals surface area contributed by atoms with Crippen LogP contribution in [0.1, 0.15) is 18.9 Å². The Morgan fingerprint density at radius 1 is 1.56 bits per heavy atom. The van der Waals surface area contributed by atoms with Crippen molar-refractivity contribution >= 4 is 21.6 Å². The highest BCUT2D eigenvalue weighted by Gasteiger charge is 2.13. The molecule has 86 valence electrons. The summed E-state index contributed by atoms with van der Waals surface area (Å²) in [7, 11) is 1.80. The van der Waals surface area contributed by atoms with Crippen molar-refractivity contribution < 1.29 is 4.39 Å². The first-order valence-corrected chi connectivity index (χ1v) is 6.16. The molecule has 1 aromatic carbocycles. The zero-order chi connectivity index (χ0) is 12.1. The van der Waals surface area contributed by atoms with Crippen molar-refractivity contribution in [2.24, 2.45) is 0 Å². The third-order valence-electron chi connectivity index (χ3n) is 2.59. The predicted molar refractivity (Wildman–Crippen MR) is 67.1 cm³/mol. The number of hydrogen-bond donors (Lipinski definition) is 0. The van der Waals surface area contributed by atoms with Crippen LogP contribution in [0.3, 0.4) is 0 Å². The topological polar surface area (TPSA) is 27.0 Å². The van der Waals surface area contributed by atoms with Crippen LogP contribution in [0.25, 0.3) is 0 Å². The molecule has 2 nitrogen and oxygen atoms in total. The Balaban J connectivity index is 2.92. The molecule has 0 aliphatic heterocycles. The fourth-order valence-electron chi connectivity index (χ4n) is 1.43. The maximum absolute atomic E-state index is 13.7. The van der Waals surface area contributed by atoms with Crippen molar-refractivity contribution in [2.45, 2.75) is 24.7 Å². The van der Waals surface area contributed by atoms with Gasteiger partial charge in [-0.25, -0.2) is 4.39 Å². The van der Waals surface area contributed by atoms with Gasteiger partial charge in [-0.15, -0.1) is 0 Å². The molecule has 0 aromatic heterocycles. The van der Waals surface area contributed by atoms with Crippen molar-refractivity contribution in [3.63, 3.8) is 0 Å². The Hall–Kier alpha value is -1.08. The Morgan fingerprint density at radius 2 is 2.25 bits per heavy atom. The maximum Gasteiger partial charge on any atom is 0.146 e. The summed E-state index contributed by atoms with van der Waals surface area (Å²) in [5.74, 6) is -0.246. The molecule has 0 saturated heterocycles. The molecule has 0 N–H and O–H groups in total. The lowest BCUT2D eigenvalue weighted by Crippen LogP contribution is -2.29. The number of alkyl halides is 1. The molecule has 0 amide bonds. The van der Waals surface area contributed by atoms with E-state index in [0.29, 0.717) is 17.4 Å². The van der Waals surface area contributed by atoms with Gasteiger partial charge in [0.25, 0.3) is 0 Å². The zero-order valence-corrected chi connectivity index (χ0v) is 11.0. The fourth-order valence-corrected chi connectivity index (χ4v) is 1.77. The molecule has 1 aromatic rings. The van der Waals surface area contributed by atoms with Crippen LogP contribution in [0.15, 0.2) is 18.2 Å². The summed E-state index contributed by atoms with van der Waals surface area (Å²) in [6, 6.07) is 7.24. The molecule has 0 saturated carbocycles. The van der Waals surface area contributed by atoms with Crippen LogP contribution in [-0.4, -0.2) is 13.1 Å². The van der Waals surface area contributed by atoms with E-state index in [1.165, 1.54) is 6.07 Å². The zero-order valence-electron chi connectivity index (χ0n) is 9.37. The van der Waals surface area contributed by atoms with Crippen LogP contribution < -0.4 is 4.90 Å². The van der Waals surface area contributed by atoms with Crippen molar-refractivity contribution in [3.05, 3.63) is 29.6 Å². The standard InChI is InChI=1S/C12H14BrFN2/c1-9(5-6-15)16(2)12-4-3-10(8-13)7-11(12)14/h3-4,7,9H,5,8H2,1-2H3. The van der Waals surface area contributed by atoms with E-state index in [0.717, 1.165) is 5.56 Å². The molecule has 0 fully saturated rings. The maximum atomic E-state index is 13.7. The lowest BCUT2D eigenvalue weighted by Gasteiger charge is -2.25. The van der Waals surface area contributed by atoms with Crippen molar-refractivity contribution in [2.75, 3.05) is 11.9 Å². The third kappa shape index (κ3) is 2.96. The Bertz CT molecular complexity index is 400. The summed E-state index contributed by atoms with van der Waals surface area (Å²) in [6.45, 7) is 1.90. The van der Waals surface area contributed by atoms with Crippen molar-refractivity contribution in [3.8, 4) is 6.07 Å². The third-order valence-corrected chi connectivity index (χ3v) is 3.24. The number of hydrogen-bond acceptors (Lipinski definition) is 2. The normalized spacial score (nSPS) is 11.9. The first-order chi connectivity index (χ1) is 7.60. The van der Waals surface area contributed by atoms with Gasteiger partial charge < -0.3 is 4.90 Å². The summed E-state index contributed by atoms with van der Waals surface area (Å²) in [5, 5.41) is 9.25. The largest absolute Gasteiger partial charge is 0.368 e. The van der Waals surface area contributed by atoms with Crippen LogP contribution >= 0.6 is 15.9 Å². The van der Waals surface area contributed by atoms with E-state index in [1.54, 1.807) is 18.0 Å². The van der Waals surface area contributed by atoms with Gasteiger partial charge >= 0.3 is 0 Å². The first-order valence-electron chi connectivity index (χ1n) is 5.04. The number of rotatable bonds is 4. The highest BCUT2D eigenvalue weighted by Crippen LogP contribution is 2.22. The Morgan fingerprint density at radius 3 is 2.75 bits per heavy atom. The van der Waals surface area contributed by atoms with E-state index in [9.17, 15) is 4.39 Å². The second-order valence-electron chi connectivity index (χ2n) is 3.74. The molecule has 1 unspecified atom stereocenters. The summed E-state index contributed by atoms with van der Waals surface area (Å²) < 4.78 is 13.7. The van der Waals surface area contributed by atoms with Crippen molar-refractivity contribution in [1.29, 1.82) is 5.26 Å². The van der Waals surface area contributed by atoms with Crippen LogP contribution in [0.2, 0.25) is 0 Å². The minimum atomic E-state index is -0.246. The number of nitrogens with zero attached hydrogens (tertiary/aromatic N) is 2. The van der Waals surface area contributed by atoms with Gasteiger partial charge in [-0.3, -0.25) is 0 Å². The second-order valence-corrected chi connectivity index (χ2v) is 4.30. The van der Waals surface area contributed by atoms with Gasteiger partial charge in [0.05, 0.1) is 18.2 Å². The Labute approximate surface area is 104 Å².